The van der Waals surface area contributed by atoms with Crippen LogP contribution in [0.2, 0.25) is 0 Å². The molecule has 8 nitrogen and oxygen atoms in total. The standard InChI is InChI=1S/C27H26N6O2/c1-3-16-14-21-19(15-22(16)35-2)23-24(18-8-9-29-20-7-5-4-6-17(18)20)31-26(32-25(23)30-21)27(34)33-12-10-28-11-13-33/h4-9,14-15,28H,3,10-13H2,1-2H3,(H,30,31,32). The number of aromatic nitrogens is 4. The third-order valence-electron chi connectivity index (χ3n) is 6.73. The Labute approximate surface area is 202 Å². The number of aromatic amines is 1. The van der Waals surface area contributed by atoms with Gasteiger partial charge in [0.2, 0.25) is 5.82 Å². The lowest BCUT2D eigenvalue weighted by Crippen LogP contribution is -2.46. The van der Waals surface area contributed by atoms with E-state index in [9.17, 15) is 4.79 Å². The highest BCUT2D eigenvalue weighted by Crippen LogP contribution is 2.38. The number of hydrogen-bond acceptors (Lipinski definition) is 6. The number of nitrogens with zero attached hydrogens (tertiary/aromatic N) is 4. The van der Waals surface area contributed by atoms with Crippen molar-refractivity contribution in [1.82, 2.24) is 30.2 Å². The summed E-state index contributed by atoms with van der Waals surface area (Å²) in [5, 5.41) is 6.10. The molecular formula is C27H26N6O2. The van der Waals surface area contributed by atoms with Crippen LogP contribution in [0.1, 0.15) is 23.1 Å². The maximum Gasteiger partial charge on any atom is 0.291 e. The molecule has 0 saturated carbocycles. The Balaban J connectivity index is 1.67. The van der Waals surface area contributed by atoms with Crippen LogP contribution in [0.3, 0.4) is 0 Å². The van der Waals surface area contributed by atoms with E-state index in [0.29, 0.717) is 24.4 Å². The summed E-state index contributed by atoms with van der Waals surface area (Å²) in [5.74, 6) is 0.871. The number of piperazine rings is 1. The third kappa shape index (κ3) is 3.57. The first-order valence-corrected chi connectivity index (χ1v) is 11.9. The van der Waals surface area contributed by atoms with Gasteiger partial charge in [-0.05, 0) is 36.2 Å². The van der Waals surface area contributed by atoms with Gasteiger partial charge in [0.25, 0.3) is 5.91 Å². The van der Waals surface area contributed by atoms with Crippen LogP contribution in [0.25, 0.3) is 44.1 Å². The van der Waals surface area contributed by atoms with Gasteiger partial charge in [-0.15, -0.1) is 0 Å². The first-order valence-electron chi connectivity index (χ1n) is 11.9. The Bertz CT molecular complexity index is 1580. The molecule has 4 heterocycles. The van der Waals surface area contributed by atoms with Gasteiger partial charge in [0.1, 0.15) is 11.4 Å². The van der Waals surface area contributed by atoms with Crippen molar-refractivity contribution in [2.75, 3.05) is 33.3 Å². The number of carbonyl (C=O) groups excluding carboxylic acids is 1. The van der Waals surface area contributed by atoms with Crippen molar-refractivity contribution in [2.45, 2.75) is 13.3 Å². The predicted octanol–water partition coefficient (Wildman–Crippen LogP) is 3.94. The van der Waals surface area contributed by atoms with Crippen molar-refractivity contribution in [3.63, 3.8) is 0 Å². The van der Waals surface area contributed by atoms with Crippen molar-refractivity contribution < 1.29 is 9.53 Å². The zero-order valence-corrected chi connectivity index (χ0v) is 19.8. The number of pyridine rings is 1. The summed E-state index contributed by atoms with van der Waals surface area (Å²) in [6.07, 6.45) is 2.63. The largest absolute Gasteiger partial charge is 0.496 e. The fraction of sp³-hybridized carbons (Fsp3) is 0.259. The van der Waals surface area contributed by atoms with E-state index in [1.54, 1.807) is 13.3 Å². The molecule has 1 amide bonds. The minimum Gasteiger partial charge on any atom is -0.496 e. The van der Waals surface area contributed by atoms with Crippen molar-refractivity contribution in [3.05, 3.63) is 60.0 Å². The average molecular weight is 467 g/mol. The number of amides is 1. The Morgan fingerprint density at radius 3 is 2.71 bits per heavy atom. The molecule has 5 aromatic rings. The average Bonchev–Trinajstić information content (AvgIpc) is 3.28. The van der Waals surface area contributed by atoms with Crippen LogP contribution < -0.4 is 10.1 Å². The van der Waals surface area contributed by atoms with Gasteiger partial charge in [0.15, 0.2) is 0 Å². The van der Waals surface area contributed by atoms with E-state index in [1.165, 1.54) is 0 Å². The Kier molecular flexibility index (Phi) is 5.30. The Morgan fingerprint density at radius 2 is 1.91 bits per heavy atom. The highest BCUT2D eigenvalue weighted by molar-refractivity contribution is 6.15. The second-order valence-corrected chi connectivity index (χ2v) is 8.73. The van der Waals surface area contributed by atoms with Gasteiger partial charge in [-0.1, -0.05) is 25.1 Å². The molecule has 8 heteroatoms. The molecule has 0 bridgehead atoms. The Morgan fingerprint density at radius 1 is 1.09 bits per heavy atom. The summed E-state index contributed by atoms with van der Waals surface area (Å²) >= 11 is 0. The zero-order valence-electron chi connectivity index (χ0n) is 19.8. The van der Waals surface area contributed by atoms with Crippen LogP contribution in [0.4, 0.5) is 0 Å². The first-order chi connectivity index (χ1) is 17.2. The molecule has 35 heavy (non-hydrogen) atoms. The molecule has 3 aromatic heterocycles. The van der Waals surface area contributed by atoms with Crippen molar-refractivity contribution in [1.29, 1.82) is 0 Å². The van der Waals surface area contributed by atoms with Gasteiger partial charge < -0.3 is 19.9 Å². The van der Waals surface area contributed by atoms with E-state index >= 15 is 0 Å². The maximum absolute atomic E-state index is 13.4. The van der Waals surface area contributed by atoms with Crippen LogP contribution in [-0.2, 0) is 6.42 Å². The minimum atomic E-state index is -0.154. The van der Waals surface area contributed by atoms with Gasteiger partial charge in [-0.3, -0.25) is 9.78 Å². The number of H-pyrrole nitrogens is 1. The second-order valence-electron chi connectivity index (χ2n) is 8.73. The lowest BCUT2D eigenvalue weighted by atomic mass is 10.0. The van der Waals surface area contributed by atoms with Gasteiger partial charge >= 0.3 is 0 Å². The van der Waals surface area contributed by atoms with Gasteiger partial charge in [0.05, 0.1) is 23.7 Å². The quantitative estimate of drug-likeness (QED) is 0.417. The maximum atomic E-state index is 13.4. The van der Waals surface area contributed by atoms with Crippen LogP contribution in [0.15, 0.2) is 48.7 Å². The lowest BCUT2D eigenvalue weighted by molar-refractivity contribution is 0.0724. The number of para-hydroxylation sites is 1. The van der Waals surface area contributed by atoms with Crippen molar-refractivity contribution in [2.24, 2.45) is 0 Å². The van der Waals surface area contributed by atoms with Crippen LogP contribution >= 0.6 is 0 Å². The molecule has 0 aliphatic carbocycles. The zero-order chi connectivity index (χ0) is 23.9. The molecule has 1 aliphatic heterocycles. The highest BCUT2D eigenvalue weighted by Gasteiger charge is 2.25. The van der Waals surface area contributed by atoms with Gasteiger partial charge in [0, 0.05) is 54.2 Å². The topological polar surface area (TPSA) is 96.0 Å². The lowest BCUT2D eigenvalue weighted by Gasteiger charge is -2.26. The molecule has 0 atom stereocenters. The monoisotopic (exact) mass is 466 g/mol. The molecule has 0 radical (unpaired) electrons. The van der Waals surface area contributed by atoms with Crippen molar-refractivity contribution in [3.8, 4) is 17.0 Å². The van der Waals surface area contributed by atoms with E-state index in [-0.39, 0.29) is 11.7 Å². The first kappa shape index (κ1) is 21.5. The molecule has 176 valence electrons. The van der Waals surface area contributed by atoms with E-state index < -0.39 is 0 Å². The fourth-order valence-corrected chi connectivity index (χ4v) is 4.94. The molecule has 6 rings (SSSR count). The number of ether oxygens (including phenoxy) is 1. The van der Waals surface area contributed by atoms with E-state index in [4.69, 9.17) is 14.7 Å². The van der Waals surface area contributed by atoms with Crippen LogP contribution in [-0.4, -0.2) is 64.0 Å². The van der Waals surface area contributed by atoms with Crippen LogP contribution in [0, 0.1) is 0 Å². The second kappa shape index (κ2) is 8.63. The van der Waals surface area contributed by atoms with Crippen molar-refractivity contribution >= 4 is 38.7 Å². The SMILES string of the molecule is CCc1cc2[nH]c3nc(C(=O)N4CCNCC4)nc(-c4ccnc5ccccc45)c3c2cc1OC. The number of hydrogen-bond donors (Lipinski definition) is 2. The summed E-state index contributed by atoms with van der Waals surface area (Å²) in [6.45, 7) is 4.91. The molecule has 1 saturated heterocycles. The third-order valence-corrected chi connectivity index (χ3v) is 6.73. The molecule has 1 aliphatic rings. The number of methoxy groups -OCH3 is 1. The normalized spacial score (nSPS) is 14.2. The van der Waals surface area contributed by atoms with E-state index in [1.807, 2.05) is 41.3 Å². The molecule has 2 aromatic carbocycles. The molecule has 2 N–H and O–H groups in total. The van der Waals surface area contributed by atoms with Gasteiger partial charge in [-0.25, -0.2) is 9.97 Å². The minimum absolute atomic E-state index is 0.154. The predicted molar refractivity (Wildman–Crippen MR) is 137 cm³/mol. The summed E-state index contributed by atoms with van der Waals surface area (Å²) in [7, 11) is 1.69. The molecular weight excluding hydrogens is 440 g/mol. The van der Waals surface area contributed by atoms with E-state index in [2.05, 4.69) is 28.3 Å². The Hall–Kier alpha value is -4.04. The number of nitrogens with one attached hydrogen (secondary N) is 2. The summed E-state index contributed by atoms with van der Waals surface area (Å²) < 4.78 is 5.69. The molecule has 1 fully saturated rings. The summed E-state index contributed by atoms with van der Waals surface area (Å²) in [4.78, 5) is 32.9. The fourth-order valence-electron chi connectivity index (χ4n) is 4.94. The molecule has 0 unspecified atom stereocenters. The smallest absolute Gasteiger partial charge is 0.291 e. The summed E-state index contributed by atoms with van der Waals surface area (Å²) in [5.41, 5.74) is 5.18. The summed E-state index contributed by atoms with van der Waals surface area (Å²) in [6, 6.07) is 14.1. The van der Waals surface area contributed by atoms with Crippen LogP contribution in [0.5, 0.6) is 5.75 Å². The number of rotatable bonds is 4. The molecule has 0 spiro atoms. The number of fused-ring (bicyclic) bond motifs is 4. The number of aryl methyl sites for hydroxylation is 1. The van der Waals surface area contributed by atoms with E-state index in [0.717, 1.165) is 63.6 Å². The highest BCUT2D eigenvalue weighted by atomic mass is 16.5. The number of benzene rings is 2. The van der Waals surface area contributed by atoms with Gasteiger partial charge in [-0.2, -0.15) is 0 Å². The number of carbonyl (C=O) groups is 1.